The maximum Gasteiger partial charge on any atom is 0.257 e. The van der Waals surface area contributed by atoms with Crippen molar-refractivity contribution in [3.8, 4) is 5.75 Å². The van der Waals surface area contributed by atoms with Gasteiger partial charge < -0.3 is 15.0 Å². The molecule has 1 heterocycles. The van der Waals surface area contributed by atoms with Crippen LogP contribution in [0.1, 0.15) is 20.3 Å². The summed E-state index contributed by atoms with van der Waals surface area (Å²) < 4.78 is 31.2. The van der Waals surface area contributed by atoms with Crippen LogP contribution in [0.15, 0.2) is 18.2 Å². The van der Waals surface area contributed by atoms with Crippen LogP contribution in [0.25, 0.3) is 0 Å². The second-order valence-corrected chi connectivity index (χ2v) is 5.91. The molecular weight excluding hydrogens is 290 g/mol. The molecule has 122 valence electrons. The second-order valence-electron chi connectivity index (χ2n) is 5.91. The van der Waals surface area contributed by atoms with Crippen LogP contribution in [-0.4, -0.2) is 43.1 Å². The zero-order valence-electron chi connectivity index (χ0n) is 12.9. The first-order chi connectivity index (χ1) is 10.5. The SMILES string of the molecule is CC(C)N1CC[C@@H](CNC(=O)COc2ccc(F)cc2F)C1. The van der Waals surface area contributed by atoms with Crippen LogP contribution in [0.2, 0.25) is 0 Å². The lowest BCUT2D eigenvalue weighted by Crippen LogP contribution is -2.35. The monoisotopic (exact) mass is 312 g/mol. The Morgan fingerprint density at radius 2 is 2.23 bits per heavy atom. The van der Waals surface area contributed by atoms with Crippen molar-refractivity contribution in [1.82, 2.24) is 10.2 Å². The van der Waals surface area contributed by atoms with E-state index in [0.29, 0.717) is 18.5 Å². The molecule has 0 aliphatic carbocycles. The third-order valence-corrected chi connectivity index (χ3v) is 3.89. The molecule has 1 amide bonds. The number of carbonyl (C=O) groups excluding carboxylic acids is 1. The van der Waals surface area contributed by atoms with E-state index >= 15 is 0 Å². The van der Waals surface area contributed by atoms with Gasteiger partial charge in [0.05, 0.1) is 0 Å². The number of hydrogen-bond donors (Lipinski definition) is 1. The summed E-state index contributed by atoms with van der Waals surface area (Å²) in [5, 5.41) is 2.80. The topological polar surface area (TPSA) is 41.6 Å². The van der Waals surface area contributed by atoms with Gasteiger partial charge in [0.1, 0.15) is 5.82 Å². The number of likely N-dealkylation sites (tertiary alicyclic amines) is 1. The van der Waals surface area contributed by atoms with Gasteiger partial charge in [-0.05, 0) is 44.9 Å². The molecule has 1 atom stereocenters. The third-order valence-electron chi connectivity index (χ3n) is 3.89. The van der Waals surface area contributed by atoms with Crippen molar-refractivity contribution < 1.29 is 18.3 Å². The molecule has 1 aliphatic heterocycles. The zero-order chi connectivity index (χ0) is 16.1. The Hall–Kier alpha value is -1.69. The molecule has 1 saturated heterocycles. The highest BCUT2D eigenvalue weighted by molar-refractivity contribution is 5.77. The number of benzene rings is 1. The minimum Gasteiger partial charge on any atom is -0.481 e. The second kappa shape index (κ2) is 7.54. The molecule has 0 spiro atoms. The van der Waals surface area contributed by atoms with Crippen molar-refractivity contribution in [3.05, 3.63) is 29.8 Å². The quantitative estimate of drug-likeness (QED) is 0.875. The fraction of sp³-hybridized carbons (Fsp3) is 0.562. The fourth-order valence-electron chi connectivity index (χ4n) is 2.54. The van der Waals surface area contributed by atoms with Crippen LogP contribution in [0.5, 0.6) is 5.75 Å². The normalized spacial score (nSPS) is 18.7. The van der Waals surface area contributed by atoms with Gasteiger partial charge in [0.15, 0.2) is 18.2 Å². The van der Waals surface area contributed by atoms with Crippen LogP contribution < -0.4 is 10.1 Å². The molecule has 1 aromatic rings. The number of nitrogens with zero attached hydrogens (tertiary/aromatic N) is 1. The zero-order valence-corrected chi connectivity index (χ0v) is 12.9. The highest BCUT2D eigenvalue weighted by atomic mass is 19.1. The highest BCUT2D eigenvalue weighted by Crippen LogP contribution is 2.18. The van der Waals surface area contributed by atoms with Gasteiger partial charge >= 0.3 is 0 Å². The Bertz CT molecular complexity index is 523. The van der Waals surface area contributed by atoms with Crippen LogP contribution in [0, 0.1) is 17.6 Å². The largest absolute Gasteiger partial charge is 0.481 e. The van der Waals surface area contributed by atoms with Crippen molar-refractivity contribution >= 4 is 5.91 Å². The van der Waals surface area contributed by atoms with Gasteiger partial charge in [0.2, 0.25) is 0 Å². The molecule has 0 saturated carbocycles. The van der Waals surface area contributed by atoms with E-state index < -0.39 is 11.6 Å². The summed E-state index contributed by atoms with van der Waals surface area (Å²) in [6.07, 6.45) is 1.06. The molecular formula is C16H22F2N2O2. The van der Waals surface area contributed by atoms with E-state index in [1.54, 1.807) is 0 Å². The van der Waals surface area contributed by atoms with Crippen molar-refractivity contribution in [2.75, 3.05) is 26.2 Å². The van der Waals surface area contributed by atoms with Gasteiger partial charge in [-0.25, -0.2) is 8.78 Å². The van der Waals surface area contributed by atoms with Crippen molar-refractivity contribution in [2.45, 2.75) is 26.3 Å². The molecule has 2 rings (SSSR count). The number of rotatable bonds is 6. The van der Waals surface area contributed by atoms with Crippen molar-refractivity contribution in [2.24, 2.45) is 5.92 Å². The minimum atomic E-state index is -0.809. The van der Waals surface area contributed by atoms with Gasteiger partial charge in [-0.15, -0.1) is 0 Å². The van der Waals surface area contributed by atoms with Gasteiger partial charge in [-0.2, -0.15) is 0 Å². The lowest BCUT2D eigenvalue weighted by Gasteiger charge is -2.20. The molecule has 1 N–H and O–H groups in total. The Kier molecular flexibility index (Phi) is 5.71. The molecule has 0 bridgehead atoms. The van der Waals surface area contributed by atoms with Gasteiger partial charge in [-0.3, -0.25) is 4.79 Å². The average molecular weight is 312 g/mol. The first-order valence-electron chi connectivity index (χ1n) is 7.54. The fourth-order valence-corrected chi connectivity index (χ4v) is 2.54. The van der Waals surface area contributed by atoms with E-state index in [2.05, 4.69) is 24.1 Å². The maximum atomic E-state index is 13.3. The first-order valence-corrected chi connectivity index (χ1v) is 7.54. The number of ether oxygens (including phenoxy) is 1. The summed E-state index contributed by atoms with van der Waals surface area (Å²) >= 11 is 0. The van der Waals surface area contributed by atoms with E-state index in [0.717, 1.165) is 31.6 Å². The predicted molar refractivity (Wildman–Crippen MR) is 79.7 cm³/mol. The predicted octanol–water partition coefficient (Wildman–Crippen LogP) is 2.19. The Labute approximate surface area is 129 Å². The molecule has 0 radical (unpaired) electrons. The molecule has 1 aromatic carbocycles. The lowest BCUT2D eigenvalue weighted by atomic mass is 10.1. The van der Waals surface area contributed by atoms with E-state index in [1.807, 2.05) is 0 Å². The minimum absolute atomic E-state index is 0.122. The summed E-state index contributed by atoms with van der Waals surface area (Å²) in [4.78, 5) is 14.1. The summed E-state index contributed by atoms with van der Waals surface area (Å²) in [6, 6.07) is 3.52. The maximum absolute atomic E-state index is 13.3. The van der Waals surface area contributed by atoms with Crippen LogP contribution in [0.3, 0.4) is 0 Å². The highest BCUT2D eigenvalue weighted by Gasteiger charge is 2.24. The molecule has 0 aromatic heterocycles. The Morgan fingerprint density at radius 3 is 2.86 bits per heavy atom. The van der Waals surface area contributed by atoms with E-state index in [1.165, 1.54) is 6.07 Å². The third kappa shape index (κ3) is 4.66. The summed E-state index contributed by atoms with van der Waals surface area (Å²) in [5.74, 6) is -1.47. The molecule has 1 fully saturated rings. The van der Waals surface area contributed by atoms with Gasteiger partial charge in [0, 0.05) is 25.2 Å². The molecule has 4 nitrogen and oxygen atoms in total. The smallest absolute Gasteiger partial charge is 0.257 e. The average Bonchev–Trinajstić information content (AvgIpc) is 2.93. The van der Waals surface area contributed by atoms with E-state index in [4.69, 9.17) is 4.74 Å². The standard InChI is InChI=1S/C16H22F2N2O2/c1-11(2)20-6-5-12(9-20)8-19-16(21)10-22-15-4-3-13(17)7-14(15)18/h3-4,7,11-12H,5-6,8-10H2,1-2H3,(H,19,21)/t12-/m0/s1. The number of halogens is 2. The summed E-state index contributed by atoms with van der Waals surface area (Å²) in [7, 11) is 0. The number of amides is 1. The number of hydrogen-bond acceptors (Lipinski definition) is 3. The molecule has 6 heteroatoms. The van der Waals surface area contributed by atoms with Gasteiger partial charge in [-0.1, -0.05) is 0 Å². The molecule has 22 heavy (non-hydrogen) atoms. The number of carbonyl (C=O) groups is 1. The van der Waals surface area contributed by atoms with Crippen LogP contribution in [0.4, 0.5) is 8.78 Å². The Morgan fingerprint density at radius 1 is 1.45 bits per heavy atom. The Balaban J connectivity index is 1.70. The van der Waals surface area contributed by atoms with Crippen molar-refractivity contribution in [3.63, 3.8) is 0 Å². The van der Waals surface area contributed by atoms with Crippen LogP contribution in [-0.2, 0) is 4.79 Å². The first kappa shape index (κ1) is 16.7. The molecule has 1 aliphatic rings. The molecule has 0 unspecified atom stereocenters. The van der Waals surface area contributed by atoms with E-state index in [-0.39, 0.29) is 18.3 Å². The number of nitrogens with one attached hydrogen (secondary N) is 1. The van der Waals surface area contributed by atoms with Crippen molar-refractivity contribution in [1.29, 1.82) is 0 Å². The van der Waals surface area contributed by atoms with E-state index in [9.17, 15) is 13.6 Å². The summed E-state index contributed by atoms with van der Waals surface area (Å²) in [6.45, 7) is 6.67. The summed E-state index contributed by atoms with van der Waals surface area (Å²) in [5.41, 5.74) is 0. The van der Waals surface area contributed by atoms with Gasteiger partial charge in [0.25, 0.3) is 5.91 Å². The van der Waals surface area contributed by atoms with Crippen LogP contribution >= 0.6 is 0 Å². The lowest BCUT2D eigenvalue weighted by molar-refractivity contribution is -0.123.